The molecule has 1 N–H and O–H groups in total. The summed E-state index contributed by atoms with van der Waals surface area (Å²) in [5.41, 5.74) is 0.149. The molecule has 0 fully saturated rings. The van der Waals surface area contributed by atoms with Gasteiger partial charge in [-0.25, -0.2) is 0 Å². The van der Waals surface area contributed by atoms with Crippen LogP contribution in [0, 0.1) is 10.1 Å². The molecule has 8 nitrogen and oxygen atoms in total. The van der Waals surface area contributed by atoms with Crippen molar-refractivity contribution in [2.24, 2.45) is 7.05 Å². The highest BCUT2D eigenvalue weighted by molar-refractivity contribution is 7.99. The van der Waals surface area contributed by atoms with Crippen molar-refractivity contribution in [2.75, 3.05) is 6.54 Å². The molecule has 0 aliphatic rings. The van der Waals surface area contributed by atoms with Crippen LogP contribution in [0.15, 0.2) is 34.6 Å². The molecule has 0 saturated heterocycles. The zero-order valence-corrected chi connectivity index (χ0v) is 13.7. The van der Waals surface area contributed by atoms with Crippen LogP contribution in [0.3, 0.4) is 0 Å². The number of unbranched alkanes of at least 4 members (excludes halogenated alkanes) is 1. The topological polar surface area (TPSA) is 103 Å². The van der Waals surface area contributed by atoms with Crippen molar-refractivity contribution in [3.8, 4) is 0 Å². The first-order valence-corrected chi connectivity index (χ1v) is 7.93. The van der Waals surface area contributed by atoms with E-state index in [-0.39, 0.29) is 17.2 Å². The van der Waals surface area contributed by atoms with Crippen LogP contribution >= 0.6 is 11.8 Å². The average Bonchev–Trinajstić information content (AvgIpc) is 2.92. The summed E-state index contributed by atoms with van der Waals surface area (Å²) in [6.45, 7) is 2.58. The highest BCUT2D eigenvalue weighted by Crippen LogP contribution is 2.34. The summed E-state index contributed by atoms with van der Waals surface area (Å²) in [7, 11) is 1.75. The third kappa shape index (κ3) is 4.28. The molecular formula is C14H17N5O3S. The Morgan fingerprint density at radius 1 is 1.48 bits per heavy atom. The second-order valence-corrected chi connectivity index (χ2v) is 5.88. The van der Waals surface area contributed by atoms with E-state index in [1.165, 1.54) is 12.4 Å². The number of aromatic nitrogens is 3. The van der Waals surface area contributed by atoms with Crippen LogP contribution in [-0.4, -0.2) is 32.1 Å². The van der Waals surface area contributed by atoms with Crippen molar-refractivity contribution < 1.29 is 9.72 Å². The number of amides is 1. The lowest BCUT2D eigenvalue weighted by Crippen LogP contribution is -2.24. The van der Waals surface area contributed by atoms with E-state index in [1.807, 2.05) is 6.92 Å². The number of nitrogens with one attached hydrogen (secondary N) is 1. The number of benzene rings is 1. The predicted molar refractivity (Wildman–Crippen MR) is 85.5 cm³/mol. The molecule has 2 aromatic rings. The van der Waals surface area contributed by atoms with Crippen molar-refractivity contribution in [1.29, 1.82) is 0 Å². The van der Waals surface area contributed by atoms with E-state index < -0.39 is 4.92 Å². The highest BCUT2D eigenvalue weighted by atomic mass is 32.2. The lowest BCUT2D eigenvalue weighted by molar-refractivity contribution is -0.387. The molecule has 0 aliphatic carbocycles. The highest BCUT2D eigenvalue weighted by Gasteiger charge is 2.19. The van der Waals surface area contributed by atoms with E-state index in [9.17, 15) is 14.9 Å². The number of nitro benzene ring substituents is 1. The molecule has 0 aliphatic heterocycles. The van der Waals surface area contributed by atoms with Gasteiger partial charge in [0, 0.05) is 25.2 Å². The monoisotopic (exact) mass is 335 g/mol. The van der Waals surface area contributed by atoms with Crippen molar-refractivity contribution in [1.82, 2.24) is 20.1 Å². The van der Waals surface area contributed by atoms with E-state index in [0.717, 1.165) is 24.6 Å². The van der Waals surface area contributed by atoms with Crippen LogP contribution in [0.4, 0.5) is 5.69 Å². The van der Waals surface area contributed by atoms with Crippen LogP contribution in [0.1, 0.15) is 30.1 Å². The van der Waals surface area contributed by atoms with Gasteiger partial charge in [0.1, 0.15) is 6.33 Å². The molecular weight excluding hydrogens is 318 g/mol. The number of rotatable bonds is 7. The molecule has 1 heterocycles. The van der Waals surface area contributed by atoms with Gasteiger partial charge in [0.05, 0.1) is 9.82 Å². The number of aryl methyl sites for hydroxylation is 1. The summed E-state index contributed by atoms with van der Waals surface area (Å²) < 4.78 is 1.67. The average molecular weight is 335 g/mol. The van der Waals surface area contributed by atoms with Crippen LogP contribution in [0.2, 0.25) is 0 Å². The van der Waals surface area contributed by atoms with Crippen molar-refractivity contribution in [2.45, 2.75) is 29.8 Å². The molecule has 122 valence electrons. The Labute approximate surface area is 137 Å². The fourth-order valence-corrected chi connectivity index (χ4v) is 2.68. The third-order valence-electron chi connectivity index (χ3n) is 3.10. The van der Waals surface area contributed by atoms with Gasteiger partial charge in [-0.05, 0) is 30.3 Å². The molecule has 1 amide bonds. The van der Waals surface area contributed by atoms with E-state index in [2.05, 4.69) is 15.5 Å². The van der Waals surface area contributed by atoms with Crippen LogP contribution < -0.4 is 5.32 Å². The SMILES string of the molecule is CCCCNC(=O)c1ccc(Sc2nncn2C)c([N+](=O)[O-])c1. The summed E-state index contributed by atoms with van der Waals surface area (Å²) in [6.07, 6.45) is 3.35. The fraction of sp³-hybridized carbons (Fsp3) is 0.357. The smallest absolute Gasteiger partial charge is 0.284 e. The van der Waals surface area contributed by atoms with E-state index in [0.29, 0.717) is 16.6 Å². The van der Waals surface area contributed by atoms with Gasteiger partial charge in [-0.3, -0.25) is 14.9 Å². The normalized spacial score (nSPS) is 10.5. The van der Waals surface area contributed by atoms with Crippen molar-refractivity contribution in [3.63, 3.8) is 0 Å². The van der Waals surface area contributed by atoms with Gasteiger partial charge in [-0.2, -0.15) is 0 Å². The number of hydrogen-bond acceptors (Lipinski definition) is 6. The molecule has 0 spiro atoms. The van der Waals surface area contributed by atoms with Crippen molar-refractivity contribution >= 4 is 23.4 Å². The summed E-state index contributed by atoms with van der Waals surface area (Å²) >= 11 is 1.13. The Hall–Kier alpha value is -2.42. The molecule has 2 rings (SSSR count). The molecule has 1 aromatic carbocycles. The maximum absolute atomic E-state index is 12.0. The molecule has 23 heavy (non-hydrogen) atoms. The zero-order valence-electron chi connectivity index (χ0n) is 12.9. The molecule has 9 heteroatoms. The zero-order chi connectivity index (χ0) is 16.8. The van der Waals surface area contributed by atoms with Gasteiger partial charge in [0.25, 0.3) is 11.6 Å². The summed E-state index contributed by atoms with van der Waals surface area (Å²) in [4.78, 5) is 23.2. The quantitative estimate of drug-likeness (QED) is 0.473. The lowest BCUT2D eigenvalue weighted by atomic mass is 10.2. The third-order valence-corrected chi connectivity index (χ3v) is 4.22. The standard InChI is InChI=1S/C14H17N5O3S/c1-3-4-7-15-13(20)10-5-6-12(11(8-10)19(21)22)23-14-17-16-9-18(14)2/h5-6,8-9H,3-4,7H2,1-2H3,(H,15,20). The molecule has 0 radical (unpaired) electrons. The first-order chi connectivity index (χ1) is 11.0. The van der Waals surface area contributed by atoms with Gasteiger partial charge in [0.15, 0.2) is 5.16 Å². The first kappa shape index (κ1) is 16.9. The molecule has 0 atom stereocenters. The summed E-state index contributed by atoms with van der Waals surface area (Å²) in [5.74, 6) is -0.309. The van der Waals surface area contributed by atoms with Crippen LogP contribution in [-0.2, 0) is 7.05 Å². The number of nitro groups is 1. The van der Waals surface area contributed by atoms with Crippen LogP contribution in [0.25, 0.3) is 0 Å². The van der Waals surface area contributed by atoms with E-state index in [1.54, 1.807) is 23.7 Å². The predicted octanol–water partition coefficient (Wildman–Crippen LogP) is 2.40. The van der Waals surface area contributed by atoms with Gasteiger partial charge in [0.2, 0.25) is 0 Å². The molecule has 0 bridgehead atoms. The first-order valence-electron chi connectivity index (χ1n) is 7.11. The Balaban J connectivity index is 2.23. The number of carbonyl (C=O) groups is 1. The van der Waals surface area contributed by atoms with E-state index in [4.69, 9.17) is 0 Å². The second-order valence-electron chi connectivity index (χ2n) is 4.88. The Bertz CT molecular complexity index is 716. The Kier molecular flexibility index (Phi) is 5.69. The minimum atomic E-state index is -0.498. The van der Waals surface area contributed by atoms with Gasteiger partial charge < -0.3 is 9.88 Å². The minimum absolute atomic E-state index is 0.124. The molecule has 1 aromatic heterocycles. The van der Waals surface area contributed by atoms with Gasteiger partial charge >= 0.3 is 0 Å². The number of hydrogen-bond donors (Lipinski definition) is 1. The minimum Gasteiger partial charge on any atom is -0.352 e. The number of carbonyl (C=O) groups excluding carboxylic acids is 1. The number of nitrogens with zero attached hydrogens (tertiary/aromatic N) is 4. The fourth-order valence-electron chi connectivity index (χ4n) is 1.83. The Morgan fingerprint density at radius 3 is 2.87 bits per heavy atom. The molecule has 0 unspecified atom stereocenters. The largest absolute Gasteiger partial charge is 0.352 e. The van der Waals surface area contributed by atoms with Crippen LogP contribution in [0.5, 0.6) is 0 Å². The summed E-state index contributed by atoms with van der Waals surface area (Å²) in [5, 5.41) is 22.2. The Morgan fingerprint density at radius 2 is 2.26 bits per heavy atom. The van der Waals surface area contributed by atoms with Gasteiger partial charge in [-0.1, -0.05) is 13.3 Å². The van der Waals surface area contributed by atoms with Gasteiger partial charge in [-0.15, -0.1) is 10.2 Å². The maximum Gasteiger partial charge on any atom is 0.284 e. The molecule has 0 saturated carbocycles. The van der Waals surface area contributed by atoms with E-state index >= 15 is 0 Å². The second kappa shape index (κ2) is 7.73. The summed E-state index contributed by atoms with van der Waals surface area (Å²) in [6, 6.07) is 4.43. The van der Waals surface area contributed by atoms with Crippen molar-refractivity contribution in [3.05, 3.63) is 40.2 Å². The maximum atomic E-state index is 12.0. The lowest BCUT2D eigenvalue weighted by Gasteiger charge is -2.06.